The lowest BCUT2D eigenvalue weighted by Gasteiger charge is -2.02. The Hall–Kier alpha value is -1.64. The average Bonchev–Trinajstić information content (AvgIpc) is 2.18. The largest absolute Gasteiger partial charge is 0.458 e. The van der Waals surface area contributed by atoms with E-state index in [1.807, 2.05) is 6.92 Å². The van der Waals surface area contributed by atoms with E-state index in [-0.39, 0.29) is 12.2 Å². The fourth-order valence-electron chi connectivity index (χ4n) is 0.925. The van der Waals surface area contributed by atoms with Crippen LogP contribution in [-0.4, -0.2) is 12.6 Å². The van der Waals surface area contributed by atoms with Crippen LogP contribution in [0.3, 0.4) is 0 Å². The number of hydrogen-bond donors (Lipinski definition) is 0. The van der Waals surface area contributed by atoms with E-state index in [4.69, 9.17) is 4.74 Å². The normalized spacial score (nSPS) is 10.4. The first-order chi connectivity index (χ1) is 6.75. The number of carbonyl (C=O) groups excluding carboxylic acids is 1. The second-order valence-electron chi connectivity index (χ2n) is 2.65. The molecule has 0 radical (unpaired) electrons. The Morgan fingerprint density at radius 3 is 2.86 bits per heavy atom. The lowest BCUT2D eigenvalue weighted by Crippen LogP contribution is -2.07. The third-order valence-electron chi connectivity index (χ3n) is 1.64. The van der Waals surface area contributed by atoms with Gasteiger partial charge < -0.3 is 4.74 Å². The molecule has 0 aliphatic carbocycles. The first-order valence-electron chi connectivity index (χ1n) is 4.28. The van der Waals surface area contributed by atoms with Crippen LogP contribution in [0.25, 0.3) is 0 Å². The van der Waals surface area contributed by atoms with Crippen molar-refractivity contribution in [3.05, 3.63) is 47.8 Å². The first-order valence-corrected chi connectivity index (χ1v) is 4.28. The van der Waals surface area contributed by atoms with Gasteiger partial charge in [-0.1, -0.05) is 24.3 Å². The fraction of sp³-hybridized carbons (Fsp3) is 0.182. The Labute approximate surface area is 82.0 Å². The molecule has 0 amide bonds. The Morgan fingerprint density at radius 2 is 2.21 bits per heavy atom. The monoisotopic (exact) mass is 194 g/mol. The van der Waals surface area contributed by atoms with Gasteiger partial charge in [0.1, 0.15) is 12.4 Å². The van der Waals surface area contributed by atoms with Crippen molar-refractivity contribution in [2.24, 2.45) is 0 Å². The molecule has 0 aromatic heterocycles. The van der Waals surface area contributed by atoms with Gasteiger partial charge in [0.05, 0.1) is 5.56 Å². The van der Waals surface area contributed by atoms with Crippen LogP contribution in [-0.2, 0) is 4.74 Å². The van der Waals surface area contributed by atoms with Crippen LogP contribution in [0.4, 0.5) is 4.39 Å². The lowest BCUT2D eigenvalue weighted by atomic mass is 10.2. The molecular weight excluding hydrogens is 183 g/mol. The molecule has 0 N–H and O–H groups in total. The van der Waals surface area contributed by atoms with E-state index in [0.717, 1.165) is 0 Å². The SMILES string of the molecule is CC=CCOC(=O)c1ccccc1F. The molecule has 74 valence electrons. The molecule has 2 nitrogen and oxygen atoms in total. The summed E-state index contributed by atoms with van der Waals surface area (Å²) in [6.07, 6.45) is 3.44. The van der Waals surface area contributed by atoms with E-state index in [2.05, 4.69) is 0 Å². The van der Waals surface area contributed by atoms with Crippen LogP contribution in [0.2, 0.25) is 0 Å². The highest BCUT2D eigenvalue weighted by molar-refractivity contribution is 5.89. The zero-order chi connectivity index (χ0) is 10.4. The minimum Gasteiger partial charge on any atom is -0.458 e. The van der Waals surface area contributed by atoms with Crippen molar-refractivity contribution in [1.29, 1.82) is 0 Å². The molecule has 0 bridgehead atoms. The standard InChI is InChI=1S/C11H11FO2/c1-2-3-8-14-11(13)9-6-4-5-7-10(9)12/h2-7H,8H2,1H3. The van der Waals surface area contributed by atoms with Gasteiger partial charge in [-0.3, -0.25) is 0 Å². The van der Waals surface area contributed by atoms with Gasteiger partial charge in [-0.2, -0.15) is 0 Å². The van der Waals surface area contributed by atoms with Gasteiger partial charge >= 0.3 is 5.97 Å². The molecule has 0 fully saturated rings. The van der Waals surface area contributed by atoms with Gasteiger partial charge in [-0.05, 0) is 19.1 Å². The Balaban J connectivity index is 2.65. The number of halogens is 1. The second-order valence-corrected chi connectivity index (χ2v) is 2.65. The number of allylic oxidation sites excluding steroid dienone is 1. The molecule has 14 heavy (non-hydrogen) atoms. The summed E-state index contributed by atoms with van der Waals surface area (Å²) in [5.41, 5.74) is -0.0306. The maximum atomic E-state index is 13.0. The third kappa shape index (κ3) is 2.69. The summed E-state index contributed by atoms with van der Waals surface area (Å²) in [5, 5.41) is 0. The van der Waals surface area contributed by atoms with Crippen LogP contribution in [0.15, 0.2) is 36.4 Å². The molecule has 1 aromatic carbocycles. The van der Waals surface area contributed by atoms with E-state index in [1.165, 1.54) is 18.2 Å². The van der Waals surface area contributed by atoms with Crippen LogP contribution in [0.1, 0.15) is 17.3 Å². The topological polar surface area (TPSA) is 26.3 Å². The first kappa shape index (κ1) is 10.4. The van der Waals surface area contributed by atoms with Gasteiger partial charge in [0.2, 0.25) is 0 Å². The Bertz CT molecular complexity index is 345. The minimum absolute atomic E-state index is 0.0306. The van der Waals surface area contributed by atoms with Crippen molar-refractivity contribution in [3.8, 4) is 0 Å². The highest BCUT2D eigenvalue weighted by Crippen LogP contribution is 2.07. The van der Waals surface area contributed by atoms with Crippen LogP contribution < -0.4 is 0 Å². The number of rotatable bonds is 3. The molecule has 0 aliphatic heterocycles. The van der Waals surface area contributed by atoms with Crippen molar-refractivity contribution >= 4 is 5.97 Å². The number of hydrogen-bond acceptors (Lipinski definition) is 2. The van der Waals surface area contributed by atoms with Gasteiger partial charge in [-0.15, -0.1) is 0 Å². The molecule has 3 heteroatoms. The molecular formula is C11H11FO2. The van der Waals surface area contributed by atoms with Crippen LogP contribution in [0.5, 0.6) is 0 Å². The number of esters is 1. The van der Waals surface area contributed by atoms with Crippen molar-refractivity contribution in [1.82, 2.24) is 0 Å². The predicted molar refractivity (Wildman–Crippen MR) is 51.5 cm³/mol. The van der Waals surface area contributed by atoms with Gasteiger partial charge in [0, 0.05) is 0 Å². The van der Waals surface area contributed by atoms with Crippen molar-refractivity contribution in [2.75, 3.05) is 6.61 Å². The quantitative estimate of drug-likeness (QED) is 0.546. The number of carbonyl (C=O) groups is 1. The summed E-state index contributed by atoms with van der Waals surface area (Å²) in [6.45, 7) is 1.99. The highest BCUT2D eigenvalue weighted by Gasteiger charge is 2.10. The highest BCUT2D eigenvalue weighted by atomic mass is 19.1. The Kier molecular flexibility index (Phi) is 3.85. The summed E-state index contributed by atoms with van der Waals surface area (Å²) < 4.78 is 17.8. The molecule has 0 aliphatic rings. The van der Waals surface area contributed by atoms with Crippen LogP contribution >= 0.6 is 0 Å². The third-order valence-corrected chi connectivity index (χ3v) is 1.64. The molecule has 0 unspecified atom stereocenters. The van der Waals surface area contributed by atoms with Gasteiger partial charge in [-0.25, -0.2) is 9.18 Å². The zero-order valence-corrected chi connectivity index (χ0v) is 7.87. The maximum Gasteiger partial charge on any atom is 0.341 e. The Morgan fingerprint density at radius 1 is 1.50 bits per heavy atom. The van der Waals surface area contributed by atoms with E-state index >= 15 is 0 Å². The molecule has 0 spiro atoms. The van der Waals surface area contributed by atoms with E-state index < -0.39 is 11.8 Å². The van der Waals surface area contributed by atoms with Crippen LogP contribution in [0, 0.1) is 5.82 Å². The molecule has 0 saturated heterocycles. The van der Waals surface area contributed by atoms with E-state index in [1.54, 1.807) is 18.2 Å². The number of ether oxygens (including phenoxy) is 1. The van der Waals surface area contributed by atoms with Crippen molar-refractivity contribution < 1.29 is 13.9 Å². The summed E-state index contributed by atoms with van der Waals surface area (Å²) >= 11 is 0. The summed E-state index contributed by atoms with van der Waals surface area (Å²) in [4.78, 5) is 11.2. The zero-order valence-electron chi connectivity index (χ0n) is 7.87. The summed E-state index contributed by atoms with van der Waals surface area (Å²) in [6, 6.07) is 5.74. The molecule has 0 atom stereocenters. The maximum absolute atomic E-state index is 13.0. The predicted octanol–water partition coefficient (Wildman–Crippen LogP) is 2.56. The smallest absolute Gasteiger partial charge is 0.341 e. The van der Waals surface area contributed by atoms with Crippen molar-refractivity contribution in [3.63, 3.8) is 0 Å². The van der Waals surface area contributed by atoms with E-state index in [0.29, 0.717) is 0 Å². The molecule has 0 heterocycles. The summed E-state index contributed by atoms with van der Waals surface area (Å²) in [5.74, 6) is -1.20. The molecule has 0 saturated carbocycles. The molecule has 1 rings (SSSR count). The second kappa shape index (κ2) is 5.17. The van der Waals surface area contributed by atoms with E-state index in [9.17, 15) is 9.18 Å². The summed E-state index contributed by atoms with van der Waals surface area (Å²) in [7, 11) is 0. The minimum atomic E-state index is -0.638. The average molecular weight is 194 g/mol. The fourth-order valence-corrected chi connectivity index (χ4v) is 0.925. The number of benzene rings is 1. The molecule has 1 aromatic rings. The lowest BCUT2D eigenvalue weighted by molar-refractivity contribution is 0.0544. The van der Waals surface area contributed by atoms with Gasteiger partial charge in [0.25, 0.3) is 0 Å². The van der Waals surface area contributed by atoms with Gasteiger partial charge in [0.15, 0.2) is 0 Å². The van der Waals surface area contributed by atoms with Crippen molar-refractivity contribution in [2.45, 2.75) is 6.92 Å².